The van der Waals surface area contributed by atoms with Crippen LogP contribution in [-0.2, 0) is 3.63 Å². The van der Waals surface area contributed by atoms with E-state index in [1.54, 1.807) is 0 Å². The van der Waals surface area contributed by atoms with Gasteiger partial charge in [-0.25, -0.2) is 20.2 Å². The van der Waals surface area contributed by atoms with Crippen LogP contribution in [-0.4, -0.2) is 8.66 Å². The average molecular weight is 172 g/mol. The van der Waals surface area contributed by atoms with Gasteiger partial charge in [-0.15, -0.1) is 3.63 Å². The molecule has 0 aliphatic carbocycles. The van der Waals surface area contributed by atoms with Crippen molar-refractivity contribution in [2.75, 3.05) is 0 Å². The van der Waals surface area contributed by atoms with E-state index < -0.39 is 8.66 Å². The molecule has 0 saturated heterocycles. The van der Waals surface area contributed by atoms with Gasteiger partial charge in [-0.3, -0.25) is 0 Å². The molecule has 0 aliphatic rings. The quantitative estimate of drug-likeness (QED) is 0.266. The van der Waals surface area contributed by atoms with Crippen LogP contribution in [0.1, 0.15) is 0 Å². The Morgan fingerprint density at radius 3 is 1.67 bits per heavy atom. The molecule has 0 N–H and O–H groups in total. The molecule has 0 fully saturated rings. The Labute approximate surface area is 57.7 Å². The van der Waals surface area contributed by atoms with E-state index in [1.165, 1.54) is 0 Å². The molecule has 9 heteroatoms. The molecule has 52 valence electrons. The monoisotopic (exact) mass is 172 g/mol. The van der Waals surface area contributed by atoms with Crippen LogP contribution < -0.4 is 0 Å². The summed E-state index contributed by atoms with van der Waals surface area (Å²) in [5.74, 6) is 0. The van der Waals surface area contributed by atoms with E-state index in [0.717, 1.165) is 0 Å². The second-order valence-corrected chi connectivity index (χ2v) is 2.10. The van der Waals surface area contributed by atoms with E-state index in [4.69, 9.17) is 0 Å². The lowest BCUT2D eigenvalue weighted by molar-refractivity contribution is -0.303. The SMILES string of the molecule is O=[N+]([O-])SOS[N+](=O)[O-]. The van der Waals surface area contributed by atoms with Gasteiger partial charge in [0, 0.05) is 0 Å². The molecule has 9 heavy (non-hydrogen) atoms. The molecule has 0 aromatic heterocycles. The summed E-state index contributed by atoms with van der Waals surface area (Å²) in [6.07, 6.45) is 0. The molecule has 0 heterocycles. The minimum atomic E-state index is -0.892. The van der Waals surface area contributed by atoms with E-state index in [0.29, 0.717) is 0 Å². The zero-order valence-electron chi connectivity index (χ0n) is 3.75. The first-order chi connectivity index (χ1) is 4.13. The number of nitrogens with zero attached hydrogens (tertiary/aromatic N) is 2. The van der Waals surface area contributed by atoms with Crippen LogP contribution in [0.3, 0.4) is 0 Å². The topological polar surface area (TPSA) is 95.5 Å². The molecule has 0 unspecified atom stereocenters. The predicted octanol–water partition coefficient (Wildman–Crippen LogP) is 0.683. The van der Waals surface area contributed by atoms with E-state index in [-0.39, 0.29) is 24.5 Å². The van der Waals surface area contributed by atoms with Gasteiger partial charge in [-0.05, 0) is 0 Å². The van der Waals surface area contributed by atoms with Crippen molar-refractivity contribution in [3.8, 4) is 0 Å². The smallest absolute Gasteiger partial charge is 0.249 e. The van der Waals surface area contributed by atoms with Crippen LogP contribution >= 0.6 is 24.5 Å². The van der Waals surface area contributed by atoms with E-state index in [9.17, 15) is 20.2 Å². The molecule has 0 atom stereocenters. The van der Waals surface area contributed by atoms with Gasteiger partial charge in [0.25, 0.3) is 0 Å². The van der Waals surface area contributed by atoms with Crippen LogP contribution in [0.15, 0.2) is 0 Å². The predicted molar refractivity (Wildman–Crippen MR) is 30.3 cm³/mol. The molecule has 7 nitrogen and oxygen atoms in total. The zero-order chi connectivity index (χ0) is 7.28. The average Bonchev–Trinajstić information content (AvgIpc) is 1.63. The maximum Gasteiger partial charge on any atom is 0.419 e. The van der Waals surface area contributed by atoms with Crippen LogP contribution in [0.4, 0.5) is 0 Å². The molecule has 0 aromatic carbocycles. The first-order valence-electron chi connectivity index (χ1n) is 1.43. The first kappa shape index (κ1) is 8.46. The molecule has 0 amide bonds. The highest BCUT2D eigenvalue weighted by molar-refractivity contribution is 8.02. The molecule has 0 saturated carbocycles. The summed E-state index contributed by atoms with van der Waals surface area (Å²) in [5.41, 5.74) is 0. The van der Waals surface area contributed by atoms with Gasteiger partial charge < -0.3 is 0 Å². The molecule has 0 bridgehead atoms. The molecule has 0 aromatic rings. The zero-order valence-corrected chi connectivity index (χ0v) is 5.39. The van der Waals surface area contributed by atoms with Gasteiger partial charge in [0.05, 0.1) is 0 Å². The van der Waals surface area contributed by atoms with Crippen LogP contribution in [0, 0.1) is 20.2 Å². The Bertz CT molecular complexity index is 108. The lowest BCUT2D eigenvalue weighted by atomic mass is 13.4. The molecule has 0 radical (unpaired) electrons. The molecule has 0 spiro atoms. The lowest BCUT2D eigenvalue weighted by Gasteiger charge is -1.80. The summed E-state index contributed by atoms with van der Waals surface area (Å²) in [6, 6.07) is 0. The fourth-order valence-corrected chi connectivity index (χ4v) is 0.570. The second-order valence-electron chi connectivity index (χ2n) is 0.664. The maximum atomic E-state index is 9.39. The van der Waals surface area contributed by atoms with E-state index in [2.05, 4.69) is 3.63 Å². The third-order valence-corrected chi connectivity index (χ3v) is 0.913. The lowest BCUT2D eigenvalue weighted by Crippen LogP contribution is -1.85. The van der Waals surface area contributed by atoms with Gasteiger partial charge in [0.15, 0.2) is 0 Å². The molecule has 0 aliphatic heterocycles. The third kappa shape index (κ3) is 7.46. The summed E-state index contributed by atoms with van der Waals surface area (Å²) >= 11 is -0.394. The molecule has 0 rings (SSSR count). The minimum Gasteiger partial charge on any atom is -0.249 e. The number of rotatable bonds is 4. The summed E-state index contributed by atoms with van der Waals surface area (Å²) in [4.78, 5) is 18.8. The van der Waals surface area contributed by atoms with Crippen molar-refractivity contribution >= 4 is 24.5 Å². The van der Waals surface area contributed by atoms with Crippen molar-refractivity contribution in [2.24, 2.45) is 0 Å². The Balaban J connectivity index is 3.10. The standard InChI is InChI=1S/N2O5S2/c3-1(4)8-7-9-2(5)6. The highest BCUT2D eigenvalue weighted by Crippen LogP contribution is 2.13. The van der Waals surface area contributed by atoms with Crippen molar-refractivity contribution in [1.29, 1.82) is 0 Å². The first-order valence-corrected chi connectivity index (χ1v) is 2.83. The van der Waals surface area contributed by atoms with Gasteiger partial charge in [-0.1, -0.05) is 0 Å². The number of nitro groups is 2. The maximum absolute atomic E-state index is 9.39. The molecular weight excluding hydrogens is 172 g/mol. The Morgan fingerprint density at radius 1 is 1.11 bits per heavy atom. The van der Waals surface area contributed by atoms with Crippen molar-refractivity contribution in [1.82, 2.24) is 0 Å². The van der Waals surface area contributed by atoms with Gasteiger partial charge >= 0.3 is 24.5 Å². The summed E-state index contributed by atoms with van der Waals surface area (Å²) in [6.45, 7) is 0. The Morgan fingerprint density at radius 2 is 1.44 bits per heavy atom. The fraction of sp³-hybridized carbons (Fsp3) is 0. The Hall–Kier alpha value is -0.540. The van der Waals surface area contributed by atoms with Gasteiger partial charge in [0.2, 0.25) is 0 Å². The number of hydrogen-bond acceptors (Lipinski definition) is 7. The summed E-state index contributed by atoms with van der Waals surface area (Å²) < 4.78 is 2.01. The third-order valence-electron chi connectivity index (χ3n) is 0.183. The van der Waals surface area contributed by atoms with Crippen LogP contribution in [0.2, 0.25) is 0 Å². The summed E-state index contributed by atoms with van der Waals surface area (Å²) in [7, 11) is 0. The van der Waals surface area contributed by atoms with Crippen molar-refractivity contribution in [3.63, 3.8) is 0 Å². The van der Waals surface area contributed by atoms with E-state index in [1.807, 2.05) is 0 Å². The molecular formula is N2O5S2. The Kier molecular flexibility index (Phi) is 4.09. The highest BCUT2D eigenvalue weighted by Gasteiger charge is 2.09. The van der Waals surface area contributed by atoms with Crippen molar-refractivity contribution in [3.05, 3.63) is 20.2 Å². The number of hydrogen-bond donors (Lipinski definition) is 0. The highest BCUT2D eigenvalue weighted by atomic mass is 32.2. The normalized spacial score (nSPS) is 8.89. The van der Waals surface area contributed by atoms with E-state index >= 15 is 0 Å². The summed E-state index contributed by atoms with van der Waals surface area (Å²) in [5, 5.41) is 18.8. The largest absolute Gasteiger partial charge is 0.419 e. The minimum absolute atomic E-state index is 0.197. The van der Waals surface area contributed by atoms with Crippen LogP contribution in [0.5, 0.6) is 0 Å². The van der Waals surface area contributed by atoms with Gasteiger partial charge in [0.1, 0.15) is 8.66 Å². The van der Waals surface area contributed by atoms with Crippen molar-refractivity contribution < 1.29 is 12.3 Å². The van der Waals surface area contributed by atoms with Crippen LogP contribution in [0.25, 0.3) is 0 Å². The second kappa shape index (κ2) is 4.35. The van der Waals surface area contributed by atoms with Crippen molar-refractivity contribution in [2.45, 2.75) is 0 Å². The fourth-order valence-electron chi connectivity index (χ4n) is 0.0633. The van der Waals surface area contributed by atoms with Gasteiger partial charge in [-0.2, -0.15) is 0 Å².